The van der Waals surface area contributed by atoms with E-state index in [2.05, 4.69) is 20.8 Å². The first kappa shape index (κ1) is 17.9. The van der Waals surface area contributed by atoms with Crippen molar-refractivity contribution in [2.24, 2.45) is 11.7 Å². The van der Waals surface area contributed by atoms with Gasteiger partial charge in [-0.25, -0.2) is 0 Å². The lowest BCUT2D eigenvalue weighted by molar-refractivity contribution is -0.123. The maximum Gasteiger partial charge on any atom is 0.272 e. The molecule has 0 spiro atoms. The average molecular weight is 331 g/mol. The topological polar surface area (TPSA) is 113 Å². The van der Waals surface area contributed by atoms with Crippen LogP contribution in [-0.4, -0.2) is 40.6 Å². The maximum atomic E-state index is 12.2. The van der Waals surface area contributed by atoms with Gasteiger partial charge in [-0.15, -0.1) is 0 Å². The lowest BCUT2D eigenvalue weighted by Crippen LogP contribution is -2.55. The summed E-state index contributed by atoms with van der Waals surface area (Å²) in [5.74, 6) is -0.217. The Balaban J connectivity index is 1.88. The number of rotatable bonds is 7. The summed E-state index contributed by atoms with van der Waals surface area (Å²) in [5, 5.41) is 13.3. The minimum Gasteiger partial charge on any atom is -0.350 e. The molecule has 7 nitrogen and oxygen atoms in total. The Morgan fingerprint density at radius 1 is 1.33 bits per heavy atom. The second-order valence-corrected chi connectivity index (χ2v) is 6.45. The van der Waals surface area contributed by atoms with Gasteiger partial charge in [0.25, 0.3) is 5.91 Å². The summed E-state index contributed by atoms with van der Waals surface area (Å²) in [7, 11) is 0. The van der Waals surface area contributed by atoms with Gasteiger partial charge in [-0.05, 0) is 18.9 Å². The van der Waals surface area contributed by atoms with Crippen molar-refractivity contribution in [2.45, 2.75) is 32.7 Å². The Kier molecular flexibility index (Phi) is 5.56. The van der Waals surface area contributed by atoms with Crippen LogP contribution in [0.2, 0.25) is 0 Å². The molecule has 0 aliphatic heterocycles. The van der Waals surface area contributed by atoms with E-state index in [0.29, 0.717) is 12.2 Å². The van der Waals surface area contributed by atoms with E-state index in [0.717, 1.165) is 10.9 Å². The van der Waals surface area contributed by atoms with Gasteiger partial charge in [-0.3, -0.25) is 14.7 Å². The van der Waals surface area contributed by atoms with E-state index < -0.39 is 5.54 Å². The summed E-state index contributed by atoms with van der Waals surface area (Å²) in [6, 6.07) is 7.40. The SMILES string of the molecule is CC(C)C(C)(CN)NC(=O)CCNC(=O)c1n[nH]c2ccccc12. The van der Waals surface area contributed by atoms with E-state index in [1.54, 1.807) is 0 Å². The molecule has 0 fully saturated rings. The van der Waals surface area contributed by atoms with E-state index >= 15 is 0 Å². The molecule has 1 heterocycles. The van der Waals surface area contributed by atoms with E-state index in [1.807, 2.05) is 45.0 Å². The van der Waals surface area contributed by atoms with Crippen molar-refractivity contribution in [2.75, 3.05) is 13.1 Å². The first-order valence-corrected chi connectivity index (χ1v) is 8.10. The molecule has 7 heteroatoms. The minimum absolute atomic E-state index is 0.135. The van der Waals surface area contributed by atoms with Gasteiger partial charge in [0.15, 0.2) is 5.69 Å². The van der Waals surface area contributed by atoms with Crippen molar-refractivity contribution in [3.05, 3.63) is 30.0 Å². The smallest absolute Gasteiger partial charge is 0.272 e. The number of hydrogen-bond donors (Lipinski definition) is 4. The molecule has 1 atom stereocenters. The van der Waals surface area contributed by atoms with Crippen LogP contribution in [0.1, 0.15) is 37.7 Å². The molecule has 5 N–H and O–H groups in total. The third kappa shape index (κ3) is 3.91. The van der Waals surface area contributed by atoms with Gasteiger partial charge in [0.1, 0.15) is 0 Å². The number of carbonyl (C=O) groups excluding carboxylic acids is 2. The molecular weight excluding hydrogens is 306 g/mol. The molecule has 1 unspecified atom stereocenters. The zero-order chi connectivity index (χ0) is 17.7. The Morgan fingerprint density at radius 3 is 2.71 bits per heavy atom. The molecule has 0 radical (unpaired) electrons. The molecule has 0 saturated heterocycles. The highest BCUT2D eigenvalue weighted by Crippen LogP contribution is 2.15. The predicted molar refractivity (Wildman–Crippen MR) is 93.5 cm³/mol. The molecule has 2 rings (SSSR count). The number of nitrogens with zero attached hydrogens (tertiary/aromatic N) is 1. The number of carbonyl (C=O) groups is 2. The monoisotopic (exact) mass is 331 g/mol. The molecule has 0 saturated carbocycles. The second-order valence-electron chi connectivity index (χ2n) is 6.45. The number of benzene rings is 1. The van der Waals surface area contributed by atoms with Crippen LogP contribution < -0.4 is 16.4 Å². The summed E-state index contributed by atoms with van der Waals surface area (Å²) in [5.41, 5.74) is 6.44. The first-order chi connectivity index (χ1) is 11.4. The molecule has 0 bridgehead atoms. The number of amides is 2. The van der Waals surface area contributed by atoms with Crippen molar-refractivity contribution < 1.29 is 9.59 Å². The van der Waals surface area contributed by atoms with Gasteiger partial charge in [-0.1, -0.05) is 32.0 Å². The van der Waals surface area contributed by atoms with Crippen LogP contribution in [0.4, 0.5) is 0 Å². The van der Waals surface area contributed by atoms with Crippen LogP contribution in [0.5, 0.6) is 0 Å². The Labute approximate surface area is 141 Å². The third-order valence-electron chi connectivity index (χ3n) is 4.45. The van der Waals surface area contributed by atoms with E-state index in [9.17, 15) is 9.59 Å². The summed E-state index contributed by atoms with van der Waals surface area (Å²) in [6.45, 7) is 6.55. The lowest BCUT2D eigenvalue weighted by atomic mass is 9.88. The maximum absolute atomic E-state index is 12.2. The number of hydrogen-bond acceptors (Lipinski definition) is 4. The fourth-order valence-corrected chi connectivity index (χ4v) is 2.32. The van der Waals surface area contributed by atoms with Crippen LogP contribution in [0.3, 0.4) is 0 Å². The van der Waals surface area contributed by atoms with Crippen LogP contribution in [0, 0.1) is 5.92 Å². The van der Waals surface area contributed by atoms with Crippen molar-refractivity contribution in [3.63, 3.8) is 0 Å². The second kappa shape index (κ2) is 7.44. The summed E-state index contributed by atoms with van der Waals surface area (Å²) < 4.78 is 0. The Hall–Kier alpha value is -2.41. The van der Waals surface area contributed by atoms with Gasteiger partial charge in [0.2, 0.25) is 5.91 Å². The van der Waals surface area contributed by atoms with E-state index in [4.69, 9.17) is 5.73 Å². The van der Waals surface area contributed by atoms with Crippen LogP contribution in [-0.2, 0) is 4.79 Å². The van der Waals surface area contributed by atoms with E-state index in [1.165, 1.54) is 0 Å². The Bertz CT molecular complexity index is 725. The predicted octanol–water partition coefficient (Wildman–Crippen LogP) is 1.17. The number of para-hydroxylation sites is 1. The molecule has 2 amide bonds. The molecule has 1 aromatic carbocycles. The zero-order valence-electron chi connectivity index (χ0n) is 14.3. The van der Waals surface area contributed by atoms with Crippen LogP contribution >= 0.6 is 0 Å². The van der Waals surface area contributed by atoms with Gasteiger partial charge >= 0.3 is 0 Å². The molecule has 2 aromatic rings. The molecule has 1 aromatic heterocycles. The Morgan fingerprint density at radius 2 is 2.04 bits per heavy atom. The molecule has 0 aliphatic rings. The van der Waals surface area contributed by atoms with Gasteiger partial charge < -0.3 is 16.4 Å². The molecule has 24 heavy (non-hydrogen) atoms. The summed E-state index contributed by atoms with van der Waals surface area (Å²) in [4.78, 5) is 24.3. The highest BCUT2D eigenvalue weighted by Gasteiger charge is 2.28. The molecular formula is C17H25N5O2. The van der Waals surface area contributed by atoms with Crippen LogP contribution in [0.15, 0.2) is 24.3 Å². The number of nitrogens with one attached hydrogen (secondary N) is 3. The van der Waals surface area contributed by atoms with E-state index in [-0.39, 0.29) is 30.7 Å². The molecule has 0 aliphatic carbocycles. The standard InChI is InChI=1S/C17H25N5O2/c1-11(2)17(3,10-18)20-14(23)8-9-19-16(24)15-12-6-4-5-7-13(12)21-22-15/h4-7,11H,8-10,18H2,1-3H3,(H,19,24)(H,20,23)(H,21,22). The normalized spacial score (nSPS) is 13.7. The number of H-pyrrole nitrogens is 1. The van der Waals surface area contributed by atoms with Gasteiger partial charge in [-0.2, -0.15) is 5.10 Å². The molecule has 130 valence electrons. The zero-order valence-corrected chi connectivity index (χ0v) is 14.3. The fraction of sp³-hybridized carbons (Fsp3) is 0.471. The number of aromatic amines is 1. The minimum atomic E-state index is -0.445. The summed E-state index contributed by atoms with van der Waals surface area (Å²) in [6.07, 6.45) is 0.191. The van der Waals surface area contributed by atoms with Gasteiger partial charge in [0, 0.05) is 24.9 Å². The third-order valence-corrected chi connectivity index (χ3v) is 4.45. The lowest BCUT2D eigenvalue weighted by Gasteiger charge is -2.33. The highest BCUT2D eigenvalue weighted by molar-refractivity contribution is 6.04. The summed E-state index contributed by atoms with van der Waals surface area (Å²) >= 11 is 0. The number of nitrogens with two attached hydrogens (primary N) is 1. The van der Waals surface area contributed by atoms with Crippen molar-refractivity contribution in [1.29, 1.82) is 0 Å². The van der Waals surface area contributed by atoms with Crippen molar-refractivity contribution >= 4 is 22.7 Å². The highest BCUT2D eigenvalue weighted by atomic mass is 16.2. The largest absolute Gasteiger partial charge is 0.350 e. The van der Waals surface area contributed by atoms with Crippen molar-refractivity contribution in [3.8, 4) is 0 Å². The van der Waals surface area contributed by atoms with Gasteiger partial charge in [0.05, 0.1) is 11.1 Å². The fourth-order valence-electron chi connectivity index (χ4n) is 2.32. The number of aromatic nitrogens is 2. The number of fused-ring (bicyclic) bond motifs is 1. The van der Waals surface area contributed by atoms with Crippen molar-refractivity contribution in [1.82, 2.24) is 20.8 Å². The quantitative estimate of drug-likeness (QED) is 0.610. The average Bonchev–Trinajstić information content (AvgIpc) is 2.98. The first-order valence-electron chi connectivity index (χ1n) is 8.10. The van der Waals surface area contributed by atoms with Crippen LogP contribution in [0.25, 0.3) is 10.9 Å².